The average molecular weight is 332 g/mol. The Morgan fingerprint density at radius 3 is 2.75 bits per heavy atom. The number of unbranched alkanes of at least 4 members (excludes halogenated alkanes) is 1. The van der Waals surface area contributed by atoms with Crippen LogP contribution in [-0.4, -0.2) is 35.6 Å². The van der Waals surface area contributed by atoms with Gasteiger partial charge in [0, 0.05) is 31.0 Å². The number of para-hydroxylation sites is 1. The number of aliphatic carboxylic acids is 1. The standard InChI is InChI=1S/C18H24N2O4/c1-3-4-8-16-14(13-7-5-6-9-15(13)24-16)12-20(2)18(23)19-11-10-17(21)22/h5-7,9H,3-4,8,10-12H2,1-2H3,(H,19,23)(H,21,22). The van der Waals surface area contributed by atoms with E-state index in [9.17, 15) is 9.59 Å². The summed E-state index contributed by atoms with van der Waals surface area (Å²) in [5, 5.41) is 12.3. The van der Waals surface area contributed by atoms with Crippen LogP contribution in [0.5, 0.6) is 0 Å². The summed E-state index contributed by atoms with van der Waals surface area (Å²) in [5.74, 6) is -0.0103. The van der Waals surface area contributed by atoms with Crippen LogP contribution in [0.15, 0.2) is 28.7 Å². The summed E-state index contributed by atoms with van der Waals surface area (Å²) in [4.78, 5) is 24.2. The van der Waals surface area contributed by atoms with E-state index in [1.165, 1.54) is 0 Å². The third-order valence-corrected chi connectivity index (χ3v) is 3.90. The van der Waals surface area contributed by atoms with Crippen molar-refractivity contribution in [3.8, 4) is 0 Å². The first-order valence-corrected chi connectivity index (χ1v) is 8.23. The Hall–Kier alpha value is -2.50. The van der Waals surface area contributed by atoms with Gasteiger partial charge in [-0.1, -0.05) is 31.5 Å². The SMILES string of the molecule is CCCCc1oc2ccccc2c1CN(C)C(=O)NCCC(=O)O. The van der Waals surface area contributed by atoms with E-state index in [0.717, 1.165) is 41.6 Å². The number of hydrogen-bond donors (Lipinski definition) is 2. The molecule has 1 aromatic carbocycles. The summed E-state index contributed by atoms with van der Waals surface area (Å²) in [6.45, 7) is 2.67. The fourth-order valence-electron chi connectivity index (χ4n) is 2.58. The molecule has 0 unspecified atom stereocenters. The van der Waals surface area contributed by atoms with Gasteiger partial charge in [0.1, 0.15) is 11.3 Å². The van der Waals surface area contributed by atoms with Crippen molar-refractivity contribution in [2.45, 2.75) is 39.2 Å². The van der Waals surface area contributed by atoms with Crippen molar-refractivity contribution in [1.82, 2.24) is 10.2 Å². The number of hydrogen-bond acceptors (Lipinski definition) is 3. The number of carbonyl (C=O) groups is 2. The number of furan rings is 1. The summed E-state index contributed by atoms with van der Waals surface area (Å²) >= 11 is 0. The number of benzene rings is 1. The molecule has 1 heterocycles. The van der Waals surface area contributed by atoms with Crippen molar-refractivity contribution in [3.05, 3.63) is 35.6 Å². The molecule has 0 spiro atoms. The number of urea groups is 1. The average Bonchev–Trinajstić information content (AvgIpc) is 2.90. The second-order valence-electron chi connectivity index (χ2n) is 5.84. The number of carboxylic acid groups (broad SMARTS) is 1. The molecular weight excluding hydrogens is 308 g/mol. The highest BCUT2D eigenvalue weighted by molar-refractivity contribution is 5.83. The Morgan fingerprint density at radius 2 is 2.04 bits per heavy atom. The first-order chi connectivity index (χ1) is 11.5. The Balaban J connectivity index is 2.12. The van der Waals surface area contributed by atoms with Crippen LogP contribution in [0.25, 0.3) is 11.0 Å². The van der Waals surface area contributed by atoms with Gasteiger partial charge in [-0.05, 0) is 12.5 Å². The first kappa shape index (κ1) is 17.8. The minimum Gasteiger partial charge on any atom is -0.481 e. The zero-order chi connectivity index (χ0) is 17.5. The minimum atomic E-state index is -0.930. The van der Waals surface area contributed by atoms with Crippen LogP contribution in [0, 0.1) is 0 Å². The molecule has 2 amide bonds. The molecular formula is C18H24N2O4. The maximum atomic E-state index is 12.1. The van der Waals surface area contributed by atoms with E-state index >= 15 is 0 Å². The van der Waals surface area contributed by atoms with Crippen LogP contribution in [0.4, 0.5) is 4.79 Å². The summed E-state index contributed by atoms with van der Waals surface area (Å²) in [6, 6.07) is 7.53. The van der Waals surface area contributed by atoms with Gasteiger partial charge in [-0.25, -0.2) is 4.79 Å². The molecule has 2 rings (SSSR count). The highest BCUT2D eigenvalue weighted by Gasteiger charge is 2.17. The summed E-state index contributed by atoms with van der Waals surface area (Å²) in [7, 11) is 1.70. The maximum Gasteiger partial charge on any atom is 0.317 e. The third kappa shape index (κ3) is 4.50. The van der Waals surface area contributed by atoms with Crippen LogP contribution < -0.4 is 5.32 Å². The van der Waals surface area contributed by atoms with Gasteiger partial charge in [-0.15, -0.1) is 0 Å². The molecule has 130 valence electrons. The van der Waals surface area contributed by atoms with E-state index < -0.39 is 5.97 Å². The second-order valence-corrected chi connectivity index (χ2v) is 5.84. The lowest BCUT2D eigenvalue weighted by molar-refractivity contribution is -0.136. The predicted octanol–water partition coefficient (Wildman–Crippen LogP) is 3.39. The van der Waals surface area contributed by atoms with E-state index in [1.807, 2.05) is 24.3 Å². The molecule has 0 aliphatic rings. The van der Waals surface area contributed by atoms with Crippen molar-refractivity contribution >= 4 is 23.0 Å². The molecule has 0 bridgehead atoms. The molecule has 0 fully saturated rings. The van der Waals surface area contributed by atoms with Gasteiger partial charge in [0.15, 0.2) is 0 Å². The number of amides is 2. The lowest BCUT2D eigenvalue weighted by Crippen LogP contribution is -2.37. The van der Waals surface area contributed by atoms with E-state index in [4.69, 9.17) is 9.52 Å². The number of nitrogens with one attached hydrogen (secondary N) is 1. The van der Waals surface area contributed by atoms with Gasteiger partial charge in [0.25, 0.3) is 0 Å². The smallest absolute Gasteiger partial charge is 0.317 e. The van der Waals surface area contributed by atoms with Gasteiger partial charge in [-0.2, -0.15) is 0 Å². The van der Waals surface area contributed by atoms with Crippen LogP contribution in [0.2, 0.25) is 0 Å². The molecule has 1 aromatic heterocycles. The maximum absolute atomic E-state index is 12.1. The zero-order valence-electron chi connectivity index (χ0n) is 14.2. The highest BCUT2D eigenvalue weighted by atomic mass is 16.4. The van der Waals surface area contributed by atoms with Gasteiger partial charge in [0.05, 0.1) is 13.0 Å². The molecule has 2 N–H and O–H groups in total. The third-order valence-electron chi connectivity index (χ3n) is 3.90. The molecule has 0 radical (unpaired) electrons. The largest absolute Gasteiger partial charge is 0.481 e. The Kier molecular flexibility index (Phi) is 6.23. The Morgan fingerprint density at radius 1 is 1.29 bits per heavy atom. The van der Waals surface area contributed by atoms with Crippen molar-refractivity contribution < 1.29 is 19.1 Å². The molecule has 0 saturated heterocycles. The molecule has 0 saturated carbocycles. The fourth-order valence-corrected chi connectivity index (χ4v) is 2.58. The molecule has 2 aromatic rings. The summed E-state index contributed by atoms with van der Waals surface area (Å²) < 4.78 is 5.96. The number of aryl methyl sites for hydroxylation is 1. The first-order valence-electron chi connectivity index (χ1n) is 8.23. The van der Waals surface area contributed by atoms with Gasteiger partial charge >= 0.3 is 12.0 Å². The van der Waals surface area contributed by atoms with E-state index in [2.05, 4.69) is 12.2 Å². The normalized spacial score (nSPS) is 10.8. The van der Waals surface area contributed by atoms with Crippen molar-refractivity contribution in [3.63, 3.8) is 0 Å². The zero-order valence-corrected chi connectivity index (χ0v) is 14.2. The topological polar surface area (TPSA) is 82.8 Å². The van der Waals surface area contributed by atoms with Gasteiger partial charge < -0.3 is 19.7 Å². The molecule has 24 heavy (non-hydrogen) atoms. The quantitative estimate of drug-likeness (QED) is 0.776. The second kappa shape index (κ2) is 8.38. The van der Waals surface area contributed by atoms with Gasteiger partial charge in [0.2, 0.25) is 0 Å². The Labute approximate surface area is 141 Å². The predicted molar refractivity (Wildman–Crippen MR) is 91.9 cm³/mol. The van der Waals surface area contributed by atoms with Crippen LogP contribution in [-0.2, 0) is 17.8 Å². The summed E-state index contributed by atoms with van der Waals surface area (Å²) in [5.41, 5.74) is 1.85. The van der Waals surface area contributed by atoms with Gasteiger partial charge in [-0.3, -0.25) is 4.79 Å². The van der Waals surface area contributed by atoms with E-state index in [1.54, 1.807) is 11.9 Å². The Bertz CT molecular complexity index is 708. The number of rotatable bonds is 8. The molecule has 0 aliphatic heterocycles. The number of fused-ring (bicyclic) bond motifs is 1. The monoisotopic (exact) mass is 332 g/mol. The van der Waals surface area contributed by atoms with E-state index in [-0.39, 0.29) is 19.0 Å². The molecule has 6 heteroatoms. The van der Waals surface area contributed by atoms with E-state index in [0.29, 0.717) is 6.54 Å². The lowest BCUT2D eigenvalue weighted by Gasteiger charge is -2.18. The number of nitrogens with zero attached hydrogens (tertiary/aromatic N) is 1. The van der Waals surface area contributed by atoms with Crippen molar-refractivity contribution in [2.24, 2.45) is 0 Å². The minimum absolute atomic E-state index is 0.0873. The molecule has 6 nitrogen and oxygen atoms in total. The molecule has 0 atom stereocenters. The van der Waals surface area contributed by atoms with Crippen LogP contribution in [0.1, 0.15) is 37.5 Å². The van der Waals surface area contributed by atoms with Crippen molar-refractivity contribution in [2.75, 3.05) is 13.6 Å². The van der Waals surface area contributed by atoms with Crippen LogP contribution >= 0.6 is 0 Å². The van der Waals surface area contributed by atoms with Crippen molar-refractivity contribution in [1.29, 1.82) is 0 Å². The lowest BCUT2D eigenvalue weighted by atomic mass is 10.1. The highest BCUT2D eigenvalue weighted by Crippen LogP contribution is 2.28. The molecule has 0 aliphatic carbocycles. The number of carboxylic acids is 1. The number of carbonyl (C=O) groups excluding carboxylic acids is 1. The fraction of sp³-hybridized carbons (Fsp3) is 0.444. The van der Waals surface area contributed by atoms with Crippen LogP contribution in [0.3, 0.4) is 0 Å². The summed E-state index contributed by atoms with van der Waals surface area (Å²) in [6.07, 6.45) is 2.86.